The number of fused-ring (bicyclic) bond motifs is 1. The van der Waals surface area contributed by atoms with E-state index in [1.807, 2.05) is 0 Å². The number of benzene rings is 2. The second-order valence-corrected chi connectivity index (χ2v) is 7.02. The van der Waals surface area contributed by atoms with Crippen LogP contribution in [0.4, 0.5) is 0 Å². The Labute approximate surface area is 168 Å². The van der Waals surface area contributed by atoms with Crippen LogP contribution in [0.5, 0.6) is 0 Å². The van der Waals surface area contributed by atoms with Gasteiger partial charge in [-0.05, 0) is 35.9 Å². The second kappa shape index (κ2) is 6.75. The molecule has 0 spiro atoms. The molecule has 0 radical (unpaired) electrons. The molecule has 0 amide bonds. The van der Waals surface area contributed by atoms with Crippen LogP contribution in [0.2, 0.25) is 15.1 Å². The highest BCUT2D eigenvalue weighted by Gasteiger charge is 2.19. The Balaban J connectivity index is 2.00. The lowest BCUT2D eigenvalue weighted by Crippen LogP contribution is -2.17. The first-order valence-electron chi connectivity index (χ1n) is 7.75. The monoisotopic (exact) mass is 414 g/mol. The highest BCUT2D eigenvalue weighted by Crippen LogP contribution is 2.32. The van der Waals surface area contributed by atoms with Gasteiger partial charge in [0, 0.05) is 21.8 Å². The van der Waals surface area contributed by atoms with Gasteiger partial charge in [0.15, 0.2) is 5.65 Å². The highest BCUT2D eigenvalue weighted by molar-refractivity contribution is 6.36. The topological polar surface area (TPSA) is 73.9 Å². The predicted octanol–water partition coefficient (Wildman–Crippen LogP) is 5.19. The zero-order chi connectivity index (χ0) is 19.1. The number of hydrogen-bond acceptors (Lipinski definition) is 3. The summed E-state index contributed by atoms with van der Waals surface area (Å²) in [6.07, 6.45) is 1.44. The lowest BCUT2D eigenvalue weighted by Gasteiger charge is -2.02. The molecule has 2 aromatic heterocycles. The maximum Gasteiger partial charge on any atom is 0.280 e. The highest BCUT2D eigenvalue weighted by atomic mass is 35.5. The standard InChI is InChI=1S/C19H9Cl3N4O/c20-11-3-1-2-10(6-11)15-9-24-18-14(8-23)17(25-26(18)19(15)27)13-5-4-12(21)7-16(13)22/h1-7,9,25H. The SMILES string of the molecule is N#Cc1c(-c2ccc(Cl)cc2Cl)[nH]n2c(=O)c(-c3cccc(Cl)c3)cnc12. The average Bonchev–Trinajstić information content (AvgIpc) is 3.01. The summed E-state index contributed by atoms with van der Waals surface area (Å²) in [6, 6.07) is 13.9. The predicted molar refractivity (Wildman–Crippen MR) is 106 cm³/mol. The Hall–Kier alpha value is -2.78. The molecule has 0 saturated heterocycles. The van der Waals surface area contributed by atoms with Crippen molar-refractivity contribution in [2.75, 3.05) is 0 Å². The molecule has 2 heterocycles. The minimum absolute atomic E-state index is 0.217. The second-order valence-electron chi connectivity index (χ2n) is 5.74. The van der Waals surface area contributed by atoms with Gasteiger partial charge >= 0.3 is 0 Å². The summed E-state index contributed by atoms with van der Waals surface area (Å²) >= 11 is 18.2. The van der Waals surface area contributed by atoms with Crippen LogP contribution in [0.15, 0.2) is 53.5 Å². The van der Waals surface area contributed by atoms with Crippen LogP contribution >= 0.6 is 34.8 Å². The number of nitrogens with zero attached hydrogens (tertiary/aromatic N) is 3. The van der Waals surface area contributed by atoms with E-state index in [0.717, 1.165) is 0 Å². The first kappa shape index (κ1) is 17.6. The summed E-state index contributed by atoms with van der Waals surface area (Å²) in [5.74, 6) is 0. The van der Waals surface area contributed by atoms with Crippen LogP contribution in [0.3, 0.4) is 0 Å². The van der Waals surface area contributed by atoms with Crippen LogP contribution in [-0.4, -0.2) is 14.6 Å². The smallest absolute Gasteiger partial charge is 0.280 e. The number of H-pyrrole nitrogens is 1. The van der Waals surface area contributed by atoms with Crippen molar-refractivity contribution in [3.63, 3.8) is 0 Å². The van der Waals surface area contributed by atoms with E-state index in [-0.39, 0.29) is 16.8 Å². The van der Waals surface area contributed by atoms with Gasteiger partial charge in [-0.3, -0.25) is 9.89 Å². The van der Waals surface area contributed by atoms with Crippen molar-refractivity contribution in [1.82, 2.24) is 14.6 Å². The van der Waals surface area contributed by atoms with Crippen molar-refractivity contribution in [3.05, 3.63) is 79.6 Å². The Kier molecular flexibility index (Phi) is 4.40. The number of nitrogens with one attached hydrogen (secondary N) is 1. The molecular formula is C19H9Cl3N4O. The molecule has 8 heteroatoms. The fourth-order valence-corrected chi connectivity index (χ4v) is 3.56. The molecule has 132 valence electrons. The van der Waals surface area contributed by atoms with E-state index in [0.29, 0.717) is 37.5 Å². The zero-order valence-electron chi connectivity index (χ0n) is 13.5. The molecule has 0 aliphatic rings. The van der Waals surface area contributed by atoms with E-state index in [9.17, 15) is 10.1 Å². The molecule has 4 rings (SSSR count). The third-order valence-electron chi connectivity index (χ3n) is 4.11. The molecule has 5 nitrogen and oxygen atoms in total. The minimum Gasteiger partial charge on any atom is -0.287 e. The number of aromatic nitrogens is 3. The Morgan fingerprint density at radius 2 is 1.81 bits per heavy atom. The van der Waals surface area contributed by atoms with Crippen molar-refractivity contribution >= 4 is 40.4 Å². The summed E-state index contributed by atoms with van der Waals surface area (Å²) in [5, 5.41) is 13.9. The van der Waals surface area contributed by atoms with E-state index in [1.165, 1.54) is 10.7 Å². The quantitative estimate of drug-likeness (QED) is 0.489. The number of rotatable bonds is 2. The van der Waals surface area contributed by atoms with E-state index >= 15 is 0 Å². The van der Waals surface area contributed by atoms with E-state index in [2.05, 4.69) is 16.2 Å². The molecule has 2 aromatic carbocycles. The van der Waals surface area contributed by atoms with Gasteiger partial charge in [0.1, 0.15) is 11.6 Å². The molecule has 0 unspecified atom stereocenters. The summed E-state index contributed by atoms with van der Waals surface area (Å²) in [4.78, 5) is 17.3. The molecule has 4 aromatic rings. The maximum absolute atomic E-state index is 13.0. The first-order valence-corrected chi connectivity index (χ1v) is 8.88. The van der Waals surface area contributed by atoms with Crippen LogP contribution in [0.1, 0.15) is 5.56 Å². The normalized spacial score (nSPS) is 10.9. The van der Waals surface area contributed by atoms with Gasteiger partial charge in [-0.25, -0.2) is 4.98 Å². The van der Waals surface area contributed by atoms with Crippen molar-refractivity contribution in [2.45, 2.75) is 0 Å². The lowest BCUT2D eigenvalue weighted by atomic mass is 10.1. The molecule has 0 saturated carbocycles. The molecule has 1 N–H and O–H groups in total. The molecule has 0 aliphatic carbocycles. The summed E-state index contributed by atoms with van der Waals surface area (Å²) < 4.78 is 1.23. The van der Waals surface area contributed by atoms with Crippen molar-refractivity contribution in [2.24, 2.45) is 0 Å². The molecule has 27 heavy (non-hydrogen) atoms. The first-order chi connectivity index (χ1) is 13.0. The Morgan fingerprint density at radius 1 is 1.04 bits per heavy atom. The lowest BCUT2D eigenvalue weighted by molar-refractivity contribution is 0.905. The number of halogens is 3. The van der Waals surface area contributed by atoms with Gasteiger partial charge in [-0.15, -0.1) is 0 Å². The van der Waals surface area contributed by atoms with E-state index < -0.39 is 0 Å². The van der Waals surface area contributed by atoms with Gasteiger partial charge in [0.25, 0.3) is 5.56 Å². The molecule has 0 atom stereocenters. The van der Waals surface area contributed by atoms with Crippen LogP contribution in [0.25, 0.3) is 28.0 Å². The largest absolute Gasteiger partial charge is 0.287 e. The van der Waals surface area contributed by atoms with E-state index in [1.54, 1.807) is 42.5 Å². The minimum atomic E-state index is -0.352. The average molecular weight is 416 g/mol. The third-order valence-corrected chi connectivity index (χ3v) is 4.89. The van der Waals surface area contributed by atoms with E-state index in [4.69, 9.17) is 34.8 Å². The van der Waals surface area contributed by atoms with Crippen LogP contribution < -0.4 is 5.56 Å². The van der Waals surface area contributed by atoms with Gasteiger partial charge in [-0.1, -0.05) is 46.9 Å². The Bertz CT molecular complexity index is 1300. The number of hydrogen-bond donors (Lipinski definition) is 1. The third kappa shape index (κ3) is 2.98. The summed E-state index contributed by atoms with van der Waals surface area (Å²) in [7, 11) is 0. The fraction of sp³-hybridized carbons (Fsp3) is 0. The van der Waals surface area contributed by atoms with Crippen molar-refractivity contribution in [3.8, 4) is 28.5 Å². The van der Waals surface area contributed by atoms with Gasteiger partial charge in [0.2, 0.25) is 0 Å². The molecule has 0 aliphatic heterocycles. The zero-order valence-corrected chi connectivity index (χ0v) is 15.8. The molecule has 0 bridgehead atoms. The van der Waals surface area contributed by atoms with Gasteiger partial charge in [0.05, 0.1) is 16.3 Å². The molecular weight excluding hydrogens is 407 g/mol. The fourth-order valence-electron chi connectivity index (χ4n) is 2.86. The van der Waals surface area contributed by atoms with Crippen molar-refractivity contribution < 1.29 is 0 Å². The Morgan fingerprint density at radius 3 is 2.52 bits per heavy atom. The van der Waals surface area contributed by atoms with Gasteiger partial charge in [-0.2, -0.15) is 9.78 Å². The number of nitriles is 1. The van der Waals surface area contributed by atoms with Crippen LogP contribution in [-0.2, 0) is 0 Å². The van der Waals surface area contributed by atoms with Crippen LogP contribution in [0, 0.1) is 11.3 Å². The molecule has 0 fully saturated rings. The van der Waals surface area contributed by atoms with Crippen molar-refractivity contribution in [1.29, 1.82) is 5.26 Å². The summed E-state index contributed by atoms with van der Waals surface area (Å²) in [5.41, 5.74) is 2.01. The maximum atomic E-state index is 13.0. The summed E-state index contributed by atoms with van der Waals surface area (Å²) in [6.45, 7) is 0. The van der Waals surface area contributed by atoms with Gasteiger partial charge < -0.3 is 0 Å². The number of aromatic amines is 1.